The van der Waals surface area contributed by atoms with Crippen LogP contribution in [0.15, 0.2) is 30.6 Å². The van der Waals surface area contributed by atoms with Crippen LogP contribution in [0.25, 0.3) is 0 Å². The Kier molecular flexibility index (Phi) is 7.66. The first-order valence-corrected chi connectivity index (χ1v) is 9.58. The summed E-state index contributed by atoms with van der Waals surface area (Å²) in [5, 5.41) is 5.47. The first-order valence-electron chi connectivity index (χ1n) is 9.20. The largest absolute Gasteiger partial charge is 0.470 e. The van der Waals surface area contributed by atoms with Crippen molar-refractivity contribution < 1.29 is 23.1 Å². The van der Waals surface area contributed by atoms with Gasteiger partial charge in [-0.3, -0.25) is 9.59 Å². The Morgan fingerprint density at radius 2 is 1.93 bits per heavy atom. The molecule has 1 atom stereocenters. The summed E-state index contributed by atoms with van der Waals surface area (Å²) in [6.45, 7) is 5.09. The van der Waals surface area contributed by atoms with Crippen LogP contribution >= 0.6 is 11.6 Å². The van der Waals surface area contributed by atoms with E-state index >= 15 is 0 Å². The molecular weight excluding hydrogens is 418 g/mol. The van der Waals surface area contributed by atoms with Gasteiger partial charge in [0.15, 0.2) is 6.61 Å². The predicted octanol–water partition coefficient (Wildman–Crippen LogP) is 4.25. The van der Waals surface area contributed by atoms with E-state index < -0.39 is 24.5 Å². The molecule has 0 aliphatic carbocycles. The molecule has 2 heterocycles. The number of alkyl halides is 2. The summed E-state index contributed by atoms with van der Waals surface area (Å²) in [5.41, 5.74) is 0.867. The van der Waals surface area contributed by atoms with Crippen LogP contribution < -0.4 is 15.4 Å². The average Bonchev–Trinajstić information content (AvgIpc) is 2.66. The zero-order valence-corrected chi connectivity index (χ0v) is 17.8. The first-order chi connectivity index (χ1) is 14.0. The number of rotatable bonds is 8. The second kappa shape index (κ2) is 9.80. The molecule has 0 radical (unpaired) electrons. The van der Waals surface area contributed by atoms with Crippen molar-refractivity contribution in [2.75, 3.05) is 11.9 Å². The van der Waals surface area contributed by atoms with Crippen LogP contribution in [0.5, 0.6) is 5.88 Å². The second-order valence-corrected chi connectivity index (χ2v) is 7.59. The van der Waals surface area contributed by atoms with E-state index in [0.717, 1.165) is 6.92 Å². The van der Waals surface area contributed by atoms with Crippen molar-refractivity contribution in [3.05, 3.63) is 46.7 Å². The Morgan fingerprint density at radius 3 is 2.53 bits per heavy atom. The number of nitrogens with zero attached hydrogens (tertiary/aromatic N) is 2. The smallest absolute Gasteiger partial charge is 0.278 e. The summed E-state index contributed by atoms with van der Waals surface area (Å²) < 4.78 is 30.8. The van der Waals surface area contributed by atoms with Crippen LogP contribution in [0.1, 0.15) is 49.7 Å². The van der Waals surface area contributed by atoms with Crippen molar-refractivity contribution in [2.24, 2.45) is 5.92 Å². The Bertz CT molecular complexity index is 919. The molecule has 162 valence electrons. The molecule has 7 nitrogen and oxygen atoms in total. The van der Waals surface area contributed by atoms with Crippen molar-refractivity contribution >= 4 is 29.2 Å². The number of carbonyl (C=O) groups is 2. The molecule has 2 N–H and O–H groups in total. The minimum Gasteiger partial charge on any atom is -0.470 e. The summed E-state index contributed by atoms with van der Waals surface area (Å²) in [5.74, 6) is -3.68. The molecule has 1 unspecified atom stereocenters. The second-order valence-electron chi connectivity index (χ2n) is 7.18. The number of amides is 2. The van der Waals surface area contributed by atoms with Gasteiger partial charge in [-0.2, -0.15) is 0 Å². The zero-order valence-electron chi connectivity index (χ0n) is 17.0. The van der Waals surface area contributed by atoms with E-state index in [2.05, 4.69) is 20.6 Å². The first kappa shape index (κ1) is 23.5. The molecule has 2 aromatic rings. The minimum absolute atomic E-state index is 0.0560. The molecule has 10 heteroatoms. The summed E-state index contributed by atoms with van der Waals surface area (Å²) >= 11 is 6.06. The van der Waals surface area contributed by atoms with Crippen molar-refractivity contribution in [3.8, 4) is 5.88 Å². The van der Waals surface area contributed by atoms with Gasteiger partial charge in [-0.1, -0.05) is 25.4 Å². The number of pyridine rings is 2. The van der Waals surface area contributed by atoms with E-state index in [1.807, 2.05) is 0 Å². The fourth-order valence-corrected chi connectivity index (χ4v) is 2.48. The Morgan fingerprint density at radius 1 is 1.23 bits per heavy atom. The van der Waals surface area contributed by atoms with E-state index in [0.29, 0.717) is 11.1 Å². The topological polar surface area (TPSA) is 93.2 Å². The molecule has 2 rings (SSSR count). The average molecular weight is 441 g/mol. The number of nitrogens with one attached hydrogen (secondary N) is 2. The lowest BCUT2D eigenvalue weighted by atomic mass is 10.1. The van der Waals surface area contributed by atoms with Gasteiger partial charge in [0.25, 0.3) is 11.8 Å². The van der Waals surface area contributed by atoms with Gasteiger partial charge in [0.2, 0.25) is 11.8 Å². The van der Waals surface area contributed by atoms with E-state index in [1.165, 1.54) is 30.6 Å². The van der Waals surface area contributed by atoms with Gasteiger partial charge in [0.1, 0.15) is 10.8 Å². The molecule has 0 aliphatic rings. The molecule has 0 bridgehead atoms. The van der Waals surface area contributed by atoms with Gasteiger partial charge in [-0.05, 0) is 30.7 Å². The predicted molar refractivity (Wildman–Crippen MR) is 109 cm³/mol. The molecule has 0 spiro atoms. The number of ether oxygens (including phenoxy) is 1. The maximum Gasteiger partial charge on any atom is 0.278 e. The monoisotopic (exact) mass is 440 g/mol. The van der Waals surface area contributed by atoms with Crippen LogP contribution in [0.4, 0.5) is 14.6 Å². The van der Waals surface area contributed by atoms with E-state index in [1.54, 1.807) is 20.8 Å². The normalized spacial score (nSPS) is 12.4. The van der Waals surface area contributed by atoms with Crippen molar-refractivity contribution in [3.63, 3.8) is 0 Å². The molecule has 0 saturated carbocycles. The maximum atomic E-state index is 12.9. The lowest BCUT2D eigenvalue weighted by Crippen LogP contribution is -2.27. The summed E-state index contributed by atoms with van der Waals surface area (Å²) in [6.07, 6.45) is 2.81. The highest BCUT2D eigenvalue weighted by Crippen LogP contribution is 2.26. The highest BCUT2D eigenvalue weighted by Gasteiger charge is 2.23. The zero-order chi connectivity index (χ0) is 22.5. The summed E-state index contributed by atoms with van der Waals surface area (Å²) in [6, 6.07) is 3.99. The SMILES string of the molecule is CC(C)C(=O)Nc1cc(C(=O)NC(C)c2cnc(OCC(C)(F)F)c(Cl)c2)ccn1. The van der Waals surface area contributed by atoms with Gasteiger partial charge in [-0.25, -0.2) is 18.7 Å². The van der Waals surface area contributed by atoms with E-state index in [-0.39, 0.29) is 28.5 Å². The standard InChI is InChI=1S/C20H23ClF2N4O3/c1-11(2)17(28)27-16-8-13(5-6-24-16)18(29)26-12(3)14-7-15(21)19(25-9-14)30-10-20(4,22)23/h5-9,11-12H,10H2,1-4H3,(H,26,29)(H,24,27,28). The molecule has 30 heavy (non-hydrogen) atoms. The maximum absolute atomic E-state index is 12.9. The highest BCUT2D eigenvalue weighted by atomic mass is 35.5. The number of aromatic nitrogens is 2. The van der Waals surface area contributed by atoms with Gasteiger partial charge in [0, 0.05) is 30.8 Å². The quantitative estimate of drug-likeness (QED) is 0.640. The molecule has 2 amide bonds. The number of hydrogen-bond donors (Lipinski definition) is 2. The summed E-state index contributed by atoms with van der Waals surface area (Å²) in [7, 11) is 0. The van der Waals surface area contributed by atoms with Crippen LogP contribution in [0.3, 0.4) is 0 Å². The molecule has 0 aliphatic heterocycles. The van der Waals surface area contributed by atoms with Crippen LogP contribution in [0.2, 0.25) is 5.02 Å². The molecule has 0 aromatic carbocycles. The third-order valence-electron chi connectivity index (χ3n) is 3.94. The van der Waals surface area contributed by atoms with Crippen LogP contribution in [-0.2, 0) is 4.79 Å². The number of anilines is 1. The lowest BCUT2D eigenvalue weighted by Gasteiger charge is -2.16. The Balaban J connectivity index is 2.05. The summed E-state index contributed by atoms with van der Waals surface area (Å²) in [4.78, 5) is 32.3. The van der Waals surface area contributed by atoms with Gasteiger partial charge >= 0.3 is 0 Å². The van der Waals surface area contributed by atoms with Crippen LogP contribution in [0, 0.1) is 5.92 Å². The minimum atomic E-state index is -3.01. The van der Waals surface area contributed by atoms with Crippen LogP contribution in [-0.4, -0.2) is 34.3 Å². The fourth-order valence-electron chi connectivity index (χ4n) is 2.25. The number of halogens is 3. The van der Waals surface area contributed by atoms with Crippen molar-refractivity contribution in [2.45, 2.75) is 39.7 Å². The fraction of sp³-hybridized carbons (Fsp3) is 0.400. The van der Waals surface area contributed by atoms with Crippen molar-refractivity contribution in [1.82, 2.24) is 15.3 Å². The highest BCUT2D eigenvalue weighted by molar-refractivity contribution is 6.31. The third kappa shape index (κ3) is 6.91. The molecule has 0 fully saturated rings. The lowest BCUT2D eigenvalue weighted by molar-refractivity contribution is -0.118. The van der Waals surface area contributed by atoms with E-state index in [4.69, 9.17) is 16.3 Å². The Hall–Kier alpha value is -2.81. The van der Waals surface area contributed by atoms with Gasteiger partial charge in [-0.15, -0.1) is 0 Å². The van der Waals surface area contributed by atoms with E-state index in [9.17, 15) is 18.4 Å². The molecule has 0 saturated heterocycles. The molecule has 2 aromatic heterocycles. The number of carbonyl (C=O) groups excluding carboxylic acids is 2. The third-order valence-corrected chi connectivity index (χ3v) is 4.21. The van der Waals surface area contributed by atoms with Gasteiger partial charge < -0.3 is 15.4 Å². The van der Waals surface area contributed by atoms with Crippen molar-refractivity contribution in [1.29, 1.82) is 0 Å². The Labute approximate surface area is 178 Å². The van der Waals surface area contributed by atoms with Gasteiger partial charge in [0.05, 0.1) is 6.04 Å². The molecular formula is C20H23ClF2N4O3. The number of hydrogen-bond acceptors (Lipinski definition) is 5.